The number of rotatable bonds is 2. The maximum absolute atomic E-state index is 10.6. The lowest BCUT2D eigenvalue weighted by atomic mass is 10.3. The molecule has 0 aromatic carbocycles. The number of esters is 1. The lowest BCUT2D eigenvalue weighted by molar-refractivity contribution is -0.142. The molecule has 4 nitrogen and oxygen atoms in total. The number of hydrogen-bond acceptors (Lipinski definition) is 5. The van der Waals surface area contributed by atoms with E-state index in [1.165, 1.54) is 18.3 Å². The number of aromatic nitrogens is 2. The molecule has 0 N–H and O–H groups in total. The molecule has 6 heteroatoms. The molecule has 2 rings (SSSR count). The second-order valence-electron chi connectivity index (χ2n) is 2.87. The molecule has 0 spiro atoms. The van der Waals surface area contributed by atoms with Crippen LogP contribution in [0.25, 0.3) is 10.3 Å². The molecular formula is C9H7ClN2O2S. The zero-order valence-electron chi connectivity index (χ0n) is 7.86. The van der Waals surface area contributed by atoms with Crippen LogP contribution in [0.1, 0.15) is 12.6 Å². The maximum atomic E-state index is 10.6. The van der Waals surface area contributed by atoms with Gasteiger partial charge >= 0.3 is 5.97 Å². The van der Waals surface area contributed by atoms with Crippen LogP contribution in [0.5, 0.6) is 0 Å². The third-order valence-corrected chi connectivity index (χ3v) is 2.82. The zero-order valence-corrected chi connectivity index (χ0v) is 9.43. The molecule has 2 heterocycles. The van der Waals surface area contributed by atoms with Crippen LogP contribution < -0.4 is 0 Å². The lowest BCUT2D eigenvalue weighted by Crippen LogP contribution is -2.00. The van der Waals surface area contributed by atoms with E-state index in [4.69, 9.17) is 16.3 Å². The normalized spacial score (nSPS) is 10.5. The van der Waals surface area contributed by atoms with E-state index in [9.17, 15) is 4.79 Å². The van der Waals surface area contributed by atoms with Crippen LogP contribution >= 0.6 is 22.9 Å². The fourth-order valence-corrected chi connectivity index (χ4v) is 2.05. The third-order valence-electron chi connectivity index (χ3n) is 1.71. The first kappa shape index (κ1) is 10.3. The summed E-state index contributed by atoms with van der Waals surface area (Å²) in [7, 11) is 0. The number of carbonyl (C=O) groups excluding carboxylic acids is 1. The molecule has 0 radical (unpaired) electrons. The highest BCUT2D eigenvalue weighted by Gasteiger charge is 2.05. The SMILES string of the molecule is CC(=O)OCc1ccc2sc(Cl)nc2n1. The lowest BCUT2D eigenvalue weighted by Gasteiger charge is -2.00. The number of hydrogen-bond donors (Lipinski definition) is 0. The largest absolute Gasteiger partial charge is 0.459 e. The van der Waals surface area contributed by atoms with Crippen LogP contribution in [0, 0.1) is 0 Å². The quantitative estimate of drug-likeness (QED) is 0.759. The minimum absolute atomic E-state index is 0.167. The van der Waals surface area contributed by atoms with Crippen molar-refractivity contribution in [1.82, 2.24) is 9.97 Å². The predicted molar refractivity (Wildman–Crippen MR) is 57.9 cm³/mol. The summed E-state index contributed by atoms with van der Waals surface area (Å²) >= 11 is 7.11. The van der Waals surface area contributed by atoms with Crippen LogP contribution in [-0.2, 0) is 16.1 Å². The van der Waals surface area contributed by atoms with Crippen LogP contribution in [0.15, 0.2) is 12.1 Å². The summed E-state index contributed by atoms with van der Waals surface area (Å²) in [5.41, 5.74) is 1.26. The van der Waals surface area contributed by atoms with Crippen molar-refractivity contribution in [3.63, 3.8) is 0 Å². The number of thiazole rings is 1. The highest BCUT2D eigenvalue weighted by molar-refractivity contribution is 7.22. The number of nitrogens with zero attached hydrogens (tertiary/aromatic N) is 2. The van der Waals surface area contributed by atoms with Crippen molar-refractivity contribution in [1.29, 1.82) is 0 Å². The average molecular weight is 243 g/mol. The minimum atomic E-state index is -0.326. The number of carbonyl (C=O) groups is 1. The fourth-order valence-electron chi connectivity index (χ4n) is 1.09. The van der Waals surface area contributed by atoms with Gasteiger partial charge in [0.05, 0.1) is 10.4 Å². The Morgan fingerprint density at radius 1 is 1.53 bits per heavy atom. The Labute approximate surface area is 94.9 Å². The molecule has 0 aliphatic rings. The van der Waals surface area contributed by atoms with Gasteiger partial charge in [0.2, 0.25) is 0 Å². The van der Waals surface area contributed by atoms with Gasteiger partial charge in [-0.2, -0.15) is 0 Å². The molecule has 0 saturated carbocycles. The molecule has 2 aromatic rings. The van der Waals surface area contributed by atoms with Crippen molar-refractivity contribution < 1.29 is 9.53 Å². The van der Waals surface area contributed by atoms with Crippen LogP contribution in [-0.4, -0.2) is 15.9 Å². The summed E-state index contributed by atoms with van der Waals surface area (Å²) in [6.07, 6.45) is 0. The Morgan fingerprint density at radius 2 is 2.33 bits per heavy atom. The van der Waals surface area contributed by atoms with Gasteiger partial charge in [-0.15, -0.1) is 11.3 Å². The van der Waals surface area contributed by atoms with Gasteiger partial charge in [-0.1, -0.05) is 11.6 Å². The number of pyridine rings is 1. The van der Waals surface area contributed by atoms with Crippen molar-refractivity contribution in [2.24, 2.45) is 0 Å². The Kier molecular flexibility index (Phi) is 2.83. The summed E-state index contributed by atoms with van der Waals surface area (Å²) in [5, 5.41) is 0. The van der Waals surface area contributed by atoms with Gasteiger partial charge in [0.1, 0.15) is 6.61 Å². The van der Waals surface area contributed by atoms with E-state index in [2.05, 4.69) is 9.97 Å². The molecule has 78 valence electrons. The second-order valence-corrected chi connectivity index (χ2v) is 4.48. The van der Waals surface area contributed by atoms with E-state index < -0.39 is 0 Å². The smallest absolute Gasteiger partial charge is 0.303 e. The van der Waals surface area contributed by atoms with Gasteiger partial charge in [0, 0.05) is 6.92 Å². The molecule has 0 aliphatic carbocycles. The highest BCUT2D eigenvalue weighted by Crippen LogP contribution is 2.24. The molecular weight excluding hydrogens is 236 g/mol. The Morgan fingerprint density at radius 3 is 3.07 bits per heavy atom. The molecule has 0 atom stereocenters. The second kappa shape index (κ2) is 4.12. The van der Waals surface area contributed by atoms with Crippen molar-refractivity contribution >= 4 is 39.3 Å². The van der Waals surface area contributed by atoms with Crippen LogP contribution in [0.2, 0.25) is 4.47 Å². The first-order valence-corrected chi connectivity index (χ1v) is 5.40. The third kappa shape index (κ3) is 2.43. The Balaban J connectivity index is 2.26. The average Bonchev–Trinajstić information content (AvgIpc) is 2.53. The standard InChI is InChI=1S/C9H7ClN2O2S/c1-5(13)14-4-6-2-3-7-8(11-6)12-9(10)15-7/h2-3H,4H2,1H3. The van der Waals surface area contributed by atoms with E-state index in [1.54, 1.807) is 6.07 Å². The van der Waals surface area contributed by atoms with E-state index in [0.717, 1.165) is 4.70 Å². The first-order valence-electron chi connectivity index (χ1n) is 4.20. The number of fused-ring (bicyclic) bond motifs is 1. The van der Waals surface area contributed by atoms with Crippen molar-refractivity contribution in [3.05, 3.63) is 22.3 Å². The summed E-state index contributed by atoms with van der Waals surface area (Å²) in [5.74, 6) is -0.326. The number of ether oxygens (including phenoxy) is 1. The highest BCUT2D eigenvalue weighted by atomic mass is 35.5. The van der Waals surface area contributed by atoms with Gasteiger partial charge in [-0.25, -0.2) is 9.97 Å². The summed E-state index contributed by atoms with van der Waals surface area (Å²) in [4.78, 5) is 18.8. The number of halogens is 1. The van der Waals surface area contributed by atoms with Crippen molar-refractivity contribution in [2.75, 3.05) is 0 Å². The molecule has 0 fully saturated rings. The van der Waals surface area contributed by atoms with E-state index in [-0.39, 0.29) is 12.6 Å². The first-order chi connectivity index (χ1) is 7.15. The monoisotopic (exact) mass is 242 g/mol. The van der Waals surface area contributed by atoms with E-state index in [0.29, 0.717) is 15.8 Å². The molecule has 0 unspecified atom stereocenters. The maximum Gasteiger partial charge on any atom is 0.303 e. The van der Waals surface area contributed by atoms with Crippen molar-refractivity contribution in [3.8, 4) is 0 Å². The molecule has 0 amide bonds. The fraction of sp³-hybridized carbons (Fsp3) is 0.222. The van der Waals surface area contributed by atoms with Gasteiger partial charge in [-0.05, 0) is 12.1 Å². The molecule has 15 heavy (non-hydrogen) atoms. The zero-order chi connectivity index (χ0) is 10.8. The Bertz CT molecular complexity index is 512. The Hall–Kier alpha value is -1.20. The van der Waals surface area contributed by atoms with Crippen LogP contribution in [0.3, 0.4) is 0 Å². The van der Waals surface area contributed by atoms with Gasteiger partial charge in [-0.3, -0.25) is 4.79 Å². The van der Waals surface area contributed by atoms with E-state index >= 15 is 0 Å². The van der Waals surface area contributed by atoms with E-state index in [1.807, 2.05) is 6.07 Å². The van der Waals surface area contributed by atoms with Crippen molar-refractivity contribution in [2.45, 2.75) is 13.5 Å². The molecule has 0 aliphatic heterocycles. The summed E-state index contributed by atoms with van der Waals surface area (Å²) in [6.45, 7) is 1.53. The minimum Gasteiger partial charge on any atom is -0.459 e. The van der Waals surface area contributed by atoms with Gasteiger partial charge < -0.3 is 4.74 Å². The molecule has 2 aromatic heterocycles. The topological polar surface area (TPSA) is 52.1 Å². The molecule has 0 saturated heterocycles. The molecule has 0 bridgehead atoms. The summed E-state index contributed by atoms with van der Waals surface area (Å²) in [6, 6.07) is 3.66. The van der Waals surface area contributed by atoms with Gasteiger partial charge in [0.15, 0.2) is 10.1 Å². The predicted octanol–water partition coefficient (Wildman–Crippen LogP) is 2.41. The summed E-state index contributed by atoms with van der Waals surface area (Å²) < 4.78 is 6.21. The van der Waals surface area contributed by atoms with Crippen LogP contribution in [0.4, 0.5) is 0 Å². The van der Waals surface area contributed by atoms with Gasteiger partial charge in [0.25, 0.3) is 0 Å².